The maximum absolute atomic E-state index is 5.78. The summed E-state index contributed by atoms with van der Waals surface area (Å²) in [5, 5.41) is 0. The van der Waals surface area contributed by atoms with Crippen LogP contribution in [0.3, 0.4) is 0 Å². The van der Waals surface area contributed by atoms with Gasteiger partial charge in [0.15, 0.2) is 0 Å². The average molecular weight is 233 g/mol. The number of aromatic nitrogens is 2. The van der Waals surface area contributed by atoms with Crippen molar-refractivity contribution < 1.29 is 0 Å². The van der Waals surface area contributed by atoms with Gasteiger partial charge in [-0.2, -0.15) is 0 Å². The molecule has 2 N–H and O–H groups in total. The Morgan fingerprint density at radius 3 is 2.94 bits per heavy atom. The lowest BCUT2D eigenvalue weighted by atomic mass is 10.2. The Labute approximate surface area is 99.7 Å². The number of thioether (sulfide) groups is 1. The van der Waals surface area contributed by atoms with E-state index in [0.717, 1.165) is 11.4 Å². The van der Waals surface area contributed by atoms with Crippen molar-refractivity contribution in [3.8, 4) is 0 Å². The summed E-state index contributed by atoms with van der Waals surface area (Å²) in [7, 11) is 2.01. The summed E-state index contributed by atoms with van der Waals surface area (Å²) in [6.07, 6.45) is 3.72. The second-order valence-corrected chi connectivity index (χ2v) is 4.83. The molecule has 0 atom stereocenters. The fourth-order valence-electron chi connectivity index (χ4n) is 1.45. The molecule has 16 heavy (non-hydrogen) atoms. The van der Waals surface area contributed by atoms with Crippen molar-refractivity contribution in [2.75, 3.05) is 5.73 Å². The first kappa shape index (κ1) is 11.1. The van der Waals surface area contributed by atoms with Crippen LogP contribution in [-0.4, -0.2) is 9.55 Å². The molecule has 3 nitrogen and oxygen atoms in total. The number of aryl methyl sites for hydroxylation is 2. The van der Waals surface area contributed by atoms with Crippen LogP contribution in [0.5, 0.6) is 0 Å². The van der Waals surface area contributed by atoms with E-state index in [-0.39, 0.29) is 0 Å². The smallest absolute Gasteiger partial charge is 0.0945 e. The molecule has 0 aliphatic heterocycles. The topological polar surface area (TPSA) is 43.8 Å². The van der Waals surface area contributed by atoms with Gasteiger partial charge < -0.3 is 10.3 Å². The Morgan fingerprint density at radius 1 is 1.44 bits per heavy atom. The van der Waals surface area contributed by atoms with E-state index < -0.39 is 0 Å². The first-order chi connectivity index (χ1) is 7.66. The third kappa shape index (κ3) is 2.39. The molecule has 84 valence electrons. The summed E-state index contributed by atoms with van der Waals surface area (Å²) in [5.41, 5.74) is 9.07. The third-order valence-corrected chi connectivity index (χ3v) is 3.70. The number of benzene rings is 1. The fourth-order valence-corrected chi connectivity index (χ4v) is 2.54. The van der Waals surface area contributed by atoms with Crippen molar-refractivity contribution in [2.45, 2.75) is 17.6 Å². The second kappa shape index (κ2) is 4.61. The predicted molar refractivity (Wildman–Crippen MR) is 68.4 cm³/mol. The normalized spacial score (nSPS) is 10.6. The third-order valence-electron chi connectivity index (χ3n) is 2.50. The van der Waals surface area contributed by atoms with Gasteiger partial charge in [0.1, 0.15) is 0 Å². The van der Waals surface area contributed by atoms with Crippen LogP contribution in [-0.2, 0) is 12.8 Å². The lowest BCUT2D eigenvalue weighted by Crippen LogP contribution is -1.93. The molecule has 0 saturated heterocycles. The quantitative estimate of drug-likeness (QED) is 0.654. The van der Waals surface area contributed by atoms with Crippen LogP contribution in [0.15, 0.2) is 35.6 Å². The summed E-state index contributed by atoms with van der Waals surface area (Å²) in [6, 6.07) is 6.01. The highest BCUT2D eigenvalue weighted by atomic mass is 32.2. The molecular weight excluding hydrogens is 218 g/mol. The average Bonchev–Trinajstić information content (AvgIpc) is 2.66. The molecule has 0 bridgehead atoms. The van der Waals surface area contributed by atoms with E-state index in [1.807, 2.05) is 36.3 Å². The van der Waals surface area contributed by atoms with E-state index in [9.17, 15) is 0 Å². The number of nitrogen functional groups attached to an aromatic ring is 1. The van der Waals surface area contributed by atoms with Gasteiger partial charge in [0, 0.05) is 35.3 Å². The van der Waals surface area contributed by atoms with E-state index in [4.69, 9.17) is 5.73 Å². The SMILES string of the molecule is Cc1ccc(N)cc1SCc1cncn1C. The first-order valence-electron chi connectivity index (χ1n) is 5.11. The van der Waals surface area contributed by atoms with Crippen LogP contribution in [0.25, 0.3) is 0 Å². The largest absolute Gasteiger partial charge is 0.399 e. The van der Waals surface area contributed by atoms with Crippen LogP contribution in [0.2, 0.25) is 0 Å². The minimum Gasteiger partial charge on any atom is -0.399 e. The minimum atomic E-state index is 0.818. The van der Waals surface area contributed by atoms with Crippen molar-refractivity contribution in [3.63, 3.8) is 0 Å². The summed E-state index contributed by atoms with van der Waals surface area (Å²) in [6.45, 7) is 2.10. The van der Waals surface area contributed by atoms with E-state index in [0.29, 0.717) is 0 Å². The van der Waals surface area contributed by atoms with E-state index in [1.54, 1.807) is 11.8 Å². The summed E-state index contributed by atoms with van der Waals surface area (Å²) in [5.74, 6) is 0.917. The molecule has 0 saturated carbocycles. The molecule has 0 radical (unpaired) electrons. The van der Waals surface area contributed by atoms with E-state index in [1.165, 1.54) is 16.2 Å². The molecule has 0 unspecified atom stereocenters. The molecular formula is C12H15N3S. The van der Waals surface area contributed by atoms with Crippen LogP contribution >= 0.6 is 11.8 Å². The lowest BCUT2D eigenvalue weighted by Gasteiger charge is -2.06. The molecule has 0 aliphatic carbocycles. The molecule has 0 aliphatic rings. The molecule has 1 aromatic carbocycles. The molecule has 1 aromatic heterocycles. The van der Waals surface area contributed by atoms with Gasteiger partial charge in [-0.15, -0.1) is 11.8 Å². The molecule has 0 amide bonds. The zero-order valence-electron chi connectivity index (χ0n) is 9.47. The molecule has 2 aromatic rings. The molecule has 2 rings (SSSR count). The lowest BCUT2D eigenvalue weighted by molar-refractivity contribution is 0.867. The van der Waals surface area contributed by atoms with Gasteiger partial charge in [-0.3, -0.25) is 0 Å². The van der Waals surface area contributed by atoms with Crippen LogP contribution in [0, 0.1) is 6.92 Å². The van der Waals surface area contributed by atoms with Gasteiger partial charge in [-0.25, -0.2) is 4.98 Å². The standard InChI is InChI=1S/C12H15N3S/c1-9-3-4-10(13)5-12(9)16-7-11-6-14-8-15(11)2/h3-6,8H,7,13H2,1-2H3. The van der Waals surface area contributed by atoms with Crippen molar-refractivity contribution in [2.24, 2.45) is 7.05 Å². The van der Waals surface area contributed by atoms with E-state index in [2.05, 4.69) is 18.0 Å². The summed E-state index contributed by atoms with van der Waals surface area (Å²) >= 11 is 1.79. The highest BCUT2D eigenvalue weighted by Crippen LogP contribution is 2.27. The Kier molecular flexibility index (Phi) is 3.19. The zero-order valence-corrected chi connectivity index (χ0v) is 10.3. The Balaban J connectivity index is 2.10. The summed E-state index contributed by atoms with van der Waals surface area (Å²) < 4.78 is 2.04. The number of nitrogens with zero attached hydrogens (tertiary/aromatic N) is 2. The Morgan fingerprint density at radius 2 is 2.25 bits per heavy atom. The highest BCUT2D eigenvalue weighted by Gasteiger charge is 2.03. The van der Waals surface area contributed by atoms with Crippen LogP contribution in [0.4, 0.5) is 5.69 Å². The molecule has 0 fully saturated rings. The fraction of sp³-hybridized carbons (Fsp3) is 0.250. The number of hydrogen-bond acceptors (Lipinski definition) is 3. The van der Waals surface area contributed by atoms with Gasteiger partial charge in [0.25, 0.3) is 0 Å². The molecule has 1 heterocycles. The molecule has 0 spiro atoms. The molecule has 4 heteroatoms. The highest BCUT2D eigenvalue weighted by molar-refractivity contribution is 7.98. The maximum atomic E-state index is 5.78. The first-order valence-corrected chi connectivity index (χ1v) is 6.09. The Hall–Kier alpha value is -1.42. The number of nitrogens with two attached hydrogens (primary N) is 1. The van der Waals surface area contributed by atoms with Gasteiger partial charge in [0.2, 0.25) is 0 Å². The van der Waals surface area contributed by atoms with Crippen molar-refractivity contribution in [3.05, 3.63) is 42.0 Å². The predicted octanol–water partition coefficient (Wildman–Crippen LogP) is 2.60. The van der Waals surface area contributed by atoms with Crippen molar-refractivity contribution >= 4 is 17.4 Å². The van der Waals surface area contributed by atoms with Gasteiger partial charge in [0.05, 0.1) is 6.33 Å². The second-order valence-electron chi connectivity index (χ2n) is 3.81. The van der Waals surface area contributed by atoms with Crippen LogP contribution < -0.4 is 5.73 Å². The number of anilines is 1. The maximum Gasteiger partial charge on any atom is 0.0945 e. The van der Waals surface area contributed by atoms with E-state index >= 15 is 0 Å². The number of imidazole rings is 1. The van der Waals surface area contributed by atoms with Gasteiger partial charge in [-0.1, -0.05) is 6.07 Å². The summed E-state index contributed by atoms with van der Waals surface area (Å²) in [4.78, 5) is 5.34. The number of hydrogen-bond donors (Lipinski definition) is 1. The van der Waals surface area contributed by atoms with Crippen LogP contribution in [0.1, 0.15) is 11.3 Å². The number of rotatable bonds is 3. The van der Waals surface area contributed by atoms with Gasteiger partial charge >= 0.3 is 0 Å². The van der Waals surface area contributed by atoms with Crippen molar-refractivity contribution in [1.82, 2.24) is 9.55 Å². The minimum absolute atomic E-state index is 0.818. The van der Waals surface area contributed by atoms with Gasteiger partial charge in [-0.05, 0) is 24.6 Å². The Bertz CT molecular complexity index is 491. The zero-order chi connectivity index (χ0) is 11.5. The monoisotopic (exact) mass is 233 g/mol. The van der Waals surface area contributed by atoms with Crippen molar-refractivity contribution in [1.29, 1.82) is 0 Å².